The predicted molar refractivity (Wildman–Crippen MR) is 85.5 cm³/mol. The van der Waals surface area contributed by atoms with Gasteiger partial charge in [0.15, 0.2) is 0 Å². The Morgan fingerprint density at radius 2 is 1.43 bits per heavy atom. The number of amides is 2. The molecule has 0 fully saturated rings. The highest BCUT2D eigenvalue weighted by Crippen LogP contribution is 2.29. The van der Waals surface area contributed by atoms with Gasteiger partial charge in [-0.15, -0.1) is 13.2 Å². The van der Waals surface area contributed by atoms with Crippen molar-refractivity contribution in [2.45, 2.75) is 12.5 Å². The van der Waals surface area contributed by atoms with Crippen molar-refractivity contribution in [2.75, 3.05) is 11.9 Å². The molecule has 0 aromatic heterocycles. The van der Waals surface area contributed by atoms with Gasteiger partial charge in [0.2, 0.25) is 5.91 Å². The number of halogens is 6. The van der Waals surface area contributed by atoms with E-state index in [1.54, 1.807) is 0 Å². The number of carbonyl (C=O) groups excluding carboxylic acids is 2. The molecular formula is C17H12F6N2O3. The van der Waals surface area contributed by atoms with Crippen molar-refractivity contribution >= 4 is 17.5 Å². The van der Waals surface area contributed by atoms with E-state index in [0.29, 0.717) is 0 Å². The molecule has 0 saturated heterocycles. The summed E-state index contributed by atoms with van der Waals surface area (Å²) in [4.78, 5) is 23.6. The molecule has 0 radical (unpaired) electrons. The van der Waals surface area contributed by atoms with E-state index in [1.165, 1.54) is 0 Å². The predicted octanol–water partition coefficient (Wildman–Crippen LogP) is 3.97. The van der Waals surface area contributed by atoms with Crippen molar-refractivity contribution in [1.29, 1.82) is 0 Å². The molecule has 2 aromatic carbocycles. The van der Waals surface area contributed by atoms with Gasteiger partial charge in [0.05, 0.1) is 12.1 Å². The zero-order valence-corrected chi connectivity index (χ0v) is 13.8. The summed E-state index contributed by atoms with van der Waals surface area (Å²) in [5.41, 5.74) is -0.836. The van der Waals surface area contributed by atoms with Gasteiger partial charge in [0, 0.05) is 11.3 Å². The molecule has 0 unspecified atom stereocenters. The maximum atomic E-state index is 12.5. The first kappa shape index (κ1) is 21.1. The van der Waals surface area contributed by atoms with Crippen LogP contribution in [0.15, 0.2) is 48.5 Å². The van der Waals surface area contributed by atoms with E-state index < -0.39 is 42.2 Å². The second-order valence-corrected chi connectivity index (χ2v) is 5.38. The van der Waals surface area contributed by atoms with Crippen LogP contribution in [0.5, 0.6) is 5.75 Å². The highest BCUT2D eigenvalue weighted by atomic mass is 19.4. The van der Waals surface area contributed by atoms with Crippen LogP contribution in [0.25, 0.3) is 0 Å². The van der Waals surface area contributed by atoms with Gasteiger partial charge in [0.1, 0.15) is 5.75 Å². The maximum absolute atomic E-state index is 12.5. The van der Waals surface area contributed by atoms with Gasteiger partial charge in [-0.1, -0.05) is 0 Å². The molecule has 0 bridgehead atoms. The van der Waals surface area contributed by atoms with Crippen molar-refractivity contribution in [3.05, 3.63) is 59.7 Å². The number of alkyl halides is 6. The Kier molecular flexibility index (Phi) is 6.16. The Labute approximate surface area is 154 Å². The Balaban J connectivity index is 1.85. The fourth-order valence-electron chi connectivity index (χ4n) is 2.02. The number of hydrogen-bond donors (Lipinski definition) is 2. The summed E-state index contributed by atoms with van der Waals surface area (Å²) in [6.45, 7) is -0.499. The van der Waals surface area contributed by atoms with Crippen LogP contribution in [-0.2, 0) is 11.0 Å². The minimum Gasteiger partial charge on any atom is -0.406 e. The van der Waals surface area contributed by atoms with E-state index in [0.717, 1.165) is 48.5 Å². The largest absolute Gasteiger partial charge is 0.573 e. The Morgan fingerprint density at radius 3 is 1.93 bits per heavy atom. The van der Waals surface area contributed by atoms with Crippen LogP contribution < -0.4 is 15.4 Å². The average Bonchev–Trinajstić information content (AvgIpc) is 2.59. The summed E-state index contributed by atoms with van der Waals surface area (Å²) < 4.78 is 77.3. The number of rotatable bonds is 5. The van der Waals surface area contributed by atoms with Gasteiger partial charge in [0.25, 0.3) is 5.91 Å². The molecular weight excluding hydrogens is 394 g/mol. The Morgan fingerprint density at radius 1 is 0.857 bits per heavy atom. The molecule has 0 aliphatic carbocycles. The second-order valence-electron chi connectivity index (χ2n) is 5.38. The Hall–Kier alpha value is -3.24. The van der Waals surface area contributed by atoms with Crippen LogP contribution in [0.4, 0.5) is 32.0 Å². The van der Waals surface area contributed by atoms with E-state index in [1.807, 2.05) is 0 Å². The maximum Gasteiger partial charge on any atom is 0.573 e. The summed E-state index contributed by atoms with van der Waals surface area (Å²) in [5, 5.41) is 4.54. The van der Waals surface area contributed by atoms with Gasteiger partial charge >= 0.3 is 12.5 Å². The molecule has 28 heavy (non-hydrogen) atoms. The summed E-state index contributed by atoms with van der Waals surface area (Å²) in [6.07, 6.45) is -9.37. The number of ether oxygens (including phenoxy) is 1. The lowest BCUT2D eigenvalue weighted by Gasteiger charge is -2.10. The van der Waals surface area contributed by atoms with Crippen molar-refractivity contribution < 1.29 is 40.7 Å². The zero-order chi connectivity index (χ0) is 20.9. The molecule has 0 spiro atoms. The third-order valence-electron chi connectivity index (χ3n) is 3.26. The molecule has 2 rings (SSSR count). The van der Waals surface area contributed by atoms with E-state index in [2.05, 4.69) is 15.4 Å². The number of nitrogens with one attached hydrogen (secondary N) is 2. The fraction of sp³-hybridized carbons (Fsp3) is 0.176. The molecule has 2 aromatic rings. The second kappa shape index (κ2) is 8.19. The summed E-state index contributed by atoms with van der Waals surface area (Å²) in [7, 11) is 0. The van der Waals surface area contributed by atoms with Crippen molar-refractivity contribution in [3.63, 3.8) is 0 Å². The first-order valence-corrected chi connectivity index (χ1v) is 7.55. The molecule has 0 atom stereocenters. The lowest BCUT2D eigenvalue weighted by Crippen LogP contribution is -2.32. The van der Waals surface area contributed by atoms with Crippen LogP contribution in [0, 0.1) is 0 Å². The minimum absolute atomic E-state index is 0.0746. The van der Waals surface area contributed by atoms with Gasteiger partial charge < -0.3 is 15.4 Å². The highest BCUT2D eigenvalue weighted by molar-refractivity contribution is 5.99. The number of hydrogen-bond acceptors (Lipinski definition) is 3. The van der Waals surface area contributed by atoms with Crippen LogP contribution in [0.1, 0.15) is 15.9 Å². The van der Waals surface area contributed by atoms with E-state index >= 15 is 0 Å². The summed E-state index contributed by atoms with van der Waals surface area (Å²) in [5.74, 6) is -1.93. The van der Waals surface area contributed by atoms with Gasteiger partial charge in [-0.3, -0.25) is 9.59 Å². The average molecular weight is 406 g/mol. The first-order chi connectivity index (χ1) is 12.9. The molecule has 2 amide bonds. The molecule has 5 nitrogen and oxygen atoms in total. The SMILES string of the molecule is O=C(CNC(=O)c1ccc(C(F)(F)F)cc1)Nc1ccc(OC(F)(F)F)cc1. The Bertz CT molecular complexity index is 830. The van der Waals surface area contributed by atoms with E-state index in [4.69, 9.17) is 0 Å². The standard InChI is InChI=1S/C17H12F6N2O3/c18-16(19,20)11-3-1-10(2-4-11)15(27)24-9-14(26)25-12-5-7-13(8-6-12)28-17(21,22)23/h1-8H,9H2,(H,24,27)(H,25,26). The van der Waals surface area contributed by atoms with Crippen molar-refractivity contribution in [3.8, 4) is 5.75 Å². The lowest BCUT2D eigenvalue weighted by atomic mass is 10.1. The molecule has 0 aliphatic heterocycles. The fourth-order valence-corrected chi connectivity index (χ4v) is 2.02. The lowest BCUT2D eigenvalue weighted by molar-refractivity contribution is -0.274. The molecule has 0 heterocycles. The molecule has 0 saturated carbocycles. The van der Waals surface area contributed by atoms with Gasteiger partial charge in [-0.25, -0.2) is 0 Å². The summed E-state index contributed by atoms with van der Waals surface area (Å²) >= 11 is 0. The van der Waals surface area contributed by atoms with Crippen LogP contribution >= 0.6 is 0 Å². The van der Waals surface area contributed by atoms with Gasteiger partial charge in [-0.2, -0.15) is 13.2 Å². The molecule has 0 aliphatic rings. The molecule has 11 heteroatoms. The first-order valence-electron chi connectivity index (χ1n) is 7.55. The number of anilines is 1. The van der Waals surface area contributed by atoms with Crippen LogP contribution in [-0.4, -0.2) is 24.7 Å². The molecule has 150 valence electrons. The highest BCUT2D eigenvalue weighted by Gasteiger charge is 2.31. The number of carbonyl (C=O) groups is 2. The third kappa shape index (κ3) is 6.49. The van der Waals surface area contributed by atoms with E-state index in [9.17, 15) is 35.9 Å². The topological polar surface area (TPSA) is 67.4 Å². The summed E-state index contributed by atoms with van der Waals surface area (Å²) in [6, 6.07) is 7.71. The minimum atomic E-state index is -4.84. The monoisotopic (exact) mass is 406 g/mol. The van der Waals surface area contributed by atoms with Crippen LogP contribution in [0.3, 0.4) is 0 Å². The van der Waals surface area contributed by atoms with Crippen LogP contribution in [0.2, 0.25) is 0 Å². The normalized spacial score (nSPS) is 11.6. The van der Waals surface area contributed by atoms with Crippen molar-refractivity contribution in [1.82, 2.24) is 5.32 Å². The quantitative estimate of drug-likeness (QED) is 0.739. The van der Waals surface area contributed by atoms with Gasteiger partial charge in [-0.05, 0) is 48.5 Å². The number of benzene rings is 2. The zero-order valence-electron chi connectivity index (χ0n) is 13.8. The van der Waals surface area contributed by atoms with E-state index in [-0.39, 0.29) is 11.3 Å². The van der Waals surface area contributed by atoms with Crippen molar-refractivity contribution in [2.24, 2.45) is 0 Å². The molecule has 2 N–H and O–H groups in total. The third-order valence-corrected chi connectivity index (χ3v) is 3.26. The smallest absolute Gasteiger partial charge is 0.406 e.